The highest BCUT2D eigenvalue weighted by Gasteiger charge is 2.15. The summed E-state index contributed by atoms with van der Waals surface area (Å²) in [5.41, 5.74) is 2.53. The van der Waals surface area contributed by atoms with E-state index in [1.165, 1.54) is 16.6 Å². The molecule has 0 aromatic carbocycles. The van der Waals surface area contributed by atoms with E-state index in [0.717, 1.165) is 37.3 Å². The molecule has 3 heterocycles. The number of pyridine rings is 1. The van der Waals surface area contributed by atoms with Crippen molar-refractivity contribution < 1.29 is 9.32 Å². The first-order valence-corrected chi connectivity index (χ1v) is 12.4. The van der Waals surface area contributed by atoms with E-state index in [-0.39, 0.29) is 5.91 Å². The normalized spacial score (nSPS) is 11.0. The van der Waals surface area contributed by atoms with Crippen molar-refractivity contribution in [2.45, 2.75) is 30.4 Å². The zero-order valence-electron chi connectivity index (χ0n) is 15.5. The Morgan fingerprint density at radius 1 is 1.29 bits per heavy atom. The van der Waals surface area contributed by atoms with Crippen LogP contribution in [0.2, 0.25) is 0 Å². The minimum absolute atomic E-state index is 0.0890. The molecule has 0 atom stereocenters. The van der Waals surface area contributed by atoms with Crippen molar-refractivity contribution in [3.05, 3.63) is 61.7 Å². The average molecular weight is 498 g/mol. The van der Waals surface area contributed by atoms with Gasteiger partial charge in [0, 0.05) is 40.4 Å². The fourth-order valence-electron chi connectivity index (χ4n) is 2.46. The molecule has 0 radical (unpaired) electrons. The van der Waals surface area contributed by atoms with Gasteiger partial charge in [0.2, 0.25) is 0 Å². The largest absolute Gasteiger partial charge is 0.361 e. The van der Waals surface area contributed by atoms with Gasteiger partial charge in [0.05, 0.1) is 15.0 Å². The SMILES string of the molecule is Cc1noc(C)c1CSc1ncccc1C(=O)NCCSCc1ccc(Br)s1. The van der Waals surface area contributed by atoms with Crippen LogP contribution in [0.4, 0.5) is 0 Å². The van der Waals surface area contributed by atoms with Crippen molar-refractivity contribution in [3.63, 3.8) is 0 Å². The zero-order valence-corrected chi connectivity index (χ0v) is 19.6. The van der Waals surface area contributed by atoms with Gasteiger partial charge in [0.1, 0.15) is 10.8 Å². The lowest BCUT2D eigenvalue weighted by Gasteiger charge is -2.09. The number of nitrogens with zero attached hydrogens (tertiary/aromatic N) is 2. The van der Waals surface area contributed by atoms with Crippen LogP contribution in [0.15, 0.2) is 43.8 Å². The highest BCUT2D eigenvalue weighted by Crippen LogP contribution is 2.27. The number of aromatic nitrogens is 2. The van der Waals surface area contributed by atoms with Gasteiger partial charge < -0.3 is 9.84 Å². The number of thiophene rings is 1. The summed E-state index contributed by atoms with van der Waals surface area (Å²) in [6.07, 6.45) is 1.71. The fourth-order valence-corrected chi connectivity index (χ4v) is 6.06. The molecule has 0 aliphatic carbocycles. The summed E-state index contributed by atoms with van der Waals surface area (Å²) < 4.78 is 6.35. The van der Waals surface area contributed by atoms with Crippen LogP contribution in [-0.2, 0) is 11.5 Å². The molecule has 3 aromatic heterocycles. The Balaban J connectivity index is 1.49. The molecule has 0 spiro atoms. The van der Waals surface area contributed by atoms with Crippen LogP contribution in [0.3, 0.4) is 0 Å². The monoisotopic (exact) mass is 497 g/mol. The molecule has 3 aromatic rings. The minimum Gasteiger partial charge on any atom is -0.361 e. The number of hydrogen-bond acceptors (Lipinski definition) is 7. The lowest BCUT2D eigenvalue weighted by atomic mass is 10.2. The molecule has 0 fully saturated rings. The smallest absolute Gasteiger partial charge is 0.254 e. The van der Waals surface area contributed by atoms with E-state index in [1.54, 1.807) is 23.6 Å². The maximum absolute atomic E-state index is 12.6. The Morgan fingerprint density at radius 3 is 2.86 bits per heavy atom. The first-order chi connectivity index (χ1) is 13.5. The number of thioether (sulfide) groups is 2. The Bertz CT molecular complexity index is 923. The molecular weight excluding hydrogens is 478 g/mol. The Kier molecular flexibility index (Phi) is 8.01. The predicted octanol–water partition coefficient (Wildman–Crippen LogP) is 5.47. The standard InChI is InChI=1S/C19H20BrN3O2S3/c1-12-16(13(2)25-23-12)11-27-19-15(4-3-7-22-19)18(24)21-8-9-26-10-14-5-6-17(20)28-14/h3-7H,8-11H2,1-2H3,(H,21,24). The molecule has 0 unspecified atom stereocenters. The van der Waals surface area contributed by atoms with Crippen LogP contribution in [0.1, 0.15) is 32.3 Å². The lowest BCUT2D eigenvalue weighted by molar-refractivity contribution is 0.0952. The first-order valence-electron chi connectivity index (χ1n) is 8.64. The lowest BCUT2D eigenvalue weighted by Crippen LogP contribution is -2.26. The quantitative estimate of drug-likeness (QED) is 0.312. The number of nitrogens with one attached hydrogen (secondary N) is 1. The minimum atomic E-state index is -0.0890. The van der Waals surface area contributed by atoms with Crippen molar-refractivity contribution >= 4 is 56.7 Å². The van der Waals surface area contributed by atoms with E-state index in [1.807, 2.05) is 31.7 Å². The number of carbonyl (C=O) groups is 1. The van der Waals surface area contributed by atoms with Gasteiger partial charge >= 0.3 is 0 Å². The summed E-state index contributed by atoms with van der Waals surface area (Å²) in [5, 5.41) is 7.69. The molecule has 28 heavy (non-hydrogen) atoms. The molecule has 0 aliphatic heterocycles. The van der Waals surface area contributed by atoms with E-state index in [0.29, 0.717) is 17.9 Å². The van der Waals surface area contributed by atoms with Gasteiger partial charge in [-0.3, -0.25) is 4.79 Å². The molecule has 0 saturated carbocycles. The van der Waals surface area contributed by atoms with Crippen molar-refractivity contribution in [2.75, 3.05) is 12.3 Å². The summed E-state index contributed by atoms with van der Waals surface area (Å²) in [7, 11) is 0. The zero-order chi connectivity index (χ0) is 19.9. The van der Waals surface area contributed by atoms with Crippen LogP contribution >= 0.6 is 50.8 Å². The number of hydrogen-bond donors (Lipinski definition) is 1. The second-order valence-corrected chi connectivity index (χ2v) is 10.6. The summed E-state index contributed by atoms with van der Waals surface area (Å²) >= 11 is 8.55. The van der Waals surface area contributed by atoms with Gasteiger partial charge in [0.25, 0.3) is 5.91 Å². The van der Waals surface area contributed by atoms with Crippen LogP contribution in [-0.4, -0.2) is 28.3 Å². The molecule has 0 saturated heterocycles. The third-order valence-corrected chi connectivity index (χ3v) is 7.80. The van der Waals surface area contributed by atoms with Crippen LogP contribution in [0, 0.1) is 13.8 Å². The van der Waals surface area contributed by atoms with Gasteiger partial charge in [0.15, 0.2) is 0 Å². The number of halogens is 1. The summed E-state index contributed by atoms with van der Waals surface area (Å²) in [6, 6.07) is 7.79. The molecule has 5 nitrogen and oxygen atoms in total. The molecule has 0 bridgehead atoms. The summed E-state index contributed by atoms with van der Waals surface area (Å²) in [4.78, 5) is 18.3. The third kappa shape index (κ3) is 5.85. The van der Waals surface area contributed by atoms with E-state index in [9.17, 15) is 4.79 Å². The van der Waals surface area contributed by atoms with E-state index in [2.05, 4.69) is 43.5 Å². The maximum atomic E-state index is 12.6. The number of rotatable bonds is 9. The van der Waals surface area contributed by atoms with E-state index >= 15 is 0 Å². The number of carbonyl (C=O) groups excluding carboxylic acids is 1. The van der Waals surface area contributed by atoms with E-state index in [4.69, 9.17) is 4.52 Å². The molecule has 1 N–H and O–H groups in total. The van der Waals surface area contributed by atoms with Crippen molar-refractivity contribution in [2.24, 2.45) is 0 Å². The molecule has 9 heteroatoms. The molecule has 148 valence electrons. The van der Waals surface area contributed by atoms with Gasteiger partial charge in [-0.25, -0.2) is 4.98 Å². The Morgan fingerprint density at radius 2 is 2.14 bits per heavy atom. The second kappa shape index (κ2) is 10.5. The predicted molar refractivity (Wildman–Crippen MR) is 120 cm³/mol. The van der Waals surface area contributed by atoms with Gasteiger partial charge in [-0.15, -0.1) is 23.1 Å². The topological polar surface area (TPSA) is 68.0 Å². The van der Waals surface area contributed by atoms with Crippen molar-refractivity contribution in [3.8, 4) is 0 Å². The average Bonchev–Trinajstić information content (AvgIpc) is 3.25. The first kappa shape index (κ1) is 21.4. The van der Waals surface area contributed by atoms with Crippen molar-refractivity contribution in [1.82, 2.24) is 15.5 Å². The maximum Gasteiger partial charge on any atom is 0.254 e. The van der Waals surface area contributed by atoms with Gasteiger partial charge in [-0.1, -0.05) is 5.16 Å². The van der Waals surface area contributed by atoms with Gasteiger partial charge in [-0.05, 0) is 54.0 Å². The van der Waals surface area contributed by atoms with Crippen LogP contribution in [0.5, 0.6) is 0 Å². The number of amides is 1. The number of aryl methyl sites for hydroxylation is 2. The van der Waals surface area contributed by atoms with Crippen LogP contribution in [0.25, 0.3) is 0 Å². The molecule has 1 amide bonds. The highest BCUT2D eigenvalue weighted by atomic mass is 79.9. The van der Waals surface area contributed by atoms with E-state index < -0.39 is 0 Å². The summed E-state index contributed by atoms with van der Waals surface area (Å²) in [6.45, 7) is 4.44. The fraction of sp³-hybridized carbons (Fsp3) is 0.316. The molecule has 3 rings (SSSR count). The summed E-state index contributed by atoms with van der Waals surface area (Å²) in [5.74, 6) is 3.21. The second-order valence-electron chi connectivity index (χ2n) is 5.96. The third-order valence-electron chi connectivity index (χ3n) is 3.96. The Hall–Kier alpha value is -1.29. The van der Waals surface area contributed by atoms with Gasteiger partial charge in [-0.2, -0.15) is 11.8 Å². The molecular formula is C19H20BrN3O2S3. The van der Waals surface area contributed by atoms with Crippen molar-refractivity contribution in [1.29, 1.82) is 0 Å². The Labute approximate surface area is 185 Å². The van der Waals surface area contributed by atoms with Crippen LogP contribution < -0.4 is 5.32 Å². The molecule has 0 aliphatic rings. The highest BCUT2D eigenvalue weighted by molar-refractivity contribution is 9.11.